The number of rotatable bonds is 20. The molecule has 0 bridgehead atoms. The Morgan fingerprint density at radius 3 is 1.83 bits per heavy atom. The minimum Gasteiger partial charge on any atom is -0.373 e. The van der Waals surface area contributed by atoms with Crippen LogP contribution in [0.15, 0.2) is 0 Å². The van der Waals surface area contributed by atoms with Gasteiger partial charge in [0.2, 0.25) is 5.91 Å². The van der Waals surface area contributed by atoms with Gasteiger partial charge in [0.05, 0.1) is 12.7 Å². The van der Waals surface area contributed by atoms with E-state index >= 15 is 0 Å². The van der Waals surface area contributed by atoms with Crippen LogP contribution in [0.5, 0.6) is 0 Å². The Bertz CT molecular complexity index is 427. The number of nitrogens with two attached hydrogens (primary N) is 1. The Balaban J connectivity index is 1.86. The van der Waals surface area contributed by atoms with Gasteiger partial charge in [-0.3, -0.25) is 4.79 Å². The fraction of sp³-hybridized carbons (Fsp3) is 0.962. The zero-order valence-corrected chi connectivity index (χ0v) is 20.6. The summed E-state index contributed by atoms with van der Waals surface area (Å²) in [5, 5.41) is 3.10. The van der Waals surface area contributed by atoms with E-state index in [-0.39, 0.29) is 17.4 Å². The molecule has 1 rings (SSSR count). The molecule has 0 aromatic heterocycles. The van der Waals surface area contributed by atoms with Crippen molar-refractivity contribution in [1.82, 2.24) is 5.32 Å². The summed E-state index contributed by atoms with van der Waals surface area (Å²) in [6, 6.07) is 0. The number of hydrogen-bond acceptors (Lipinski definition) is 3. The van der Waals surface area contributed by atoms with Crippen molar-refractivity contribution in [2.45, 2.75) is 136 Å². The maximum Gasteiger partial charge on any atom is 0.220 e. The lowest BCUT2D eigenvalue weighted by atomic mass is 9.84. The fourth-order valence-electron chi connectivity index (χ4n) is 4.10. The molecule has 1 amide bonds. The van der Waals surface area contributed by atoms with Crippen molar-refractivity contribution < 1.29 is 9.53 Å². The molecule has 1 heterocycles. The van der Waals surface area contributed by atoms with E-state index in [1.165, 1.54) is 77.0 Å². The lowest BCUT2D eigenvalue weighted by molar-refractivity contribution is -0.121. The lowest BCUT2D eigenvalue weighted by Gasteiger charge is -2.30. The zero-order valence-electron chi connectivity index (χ0n) is 20.6. The van der Waals surface area contributed by atoms with Crippen molar-refractivity contribution in [1.29, 1.82) is 0 Å². The number of ether oxygens (including phenoxy) is 1. The Kier molecular flexibility index (Phi) is 14.7. The lowest BCUT2D eigenvalue weighted by Crippen LogP contribution is -2.47. The molecular formula is C26H52N2O2. The Morgan fingerprint density at radius 1 is 0.933 bits per heavy atom. The van der Waals surface area contributed by atoms with Crippen molar-refractivity contribution in [3.8, 4) is 0 Å². The summed E-state index contributed by atoms with van der Waals surface area (Å²) in [5.41, 5.74) is 5.99. The van der Waals surface area contributed by atoms with Crippen LogP contribution in [0.4, 0.5) is 0 Å². The molecule has 178 valence electrons. The third kappa shape index (κ3) is 16.1. The molecular weight excluding hydrogens is 372 g/mol. The predicted molar refractivity (Wildman–Crippen MR) is 129 cm³/mol. The highest BCUT2D eigenvalue weighted by molar-refractivity contribution is 5.75. The van der Waals surface area contributed by atoms with Crippen LogP contribution in [-0.2, 0) is 9.53 Å². The van der Waals surface area contributed by atoms with Crippen molar-refractivity contribution >= 4 is 5.91 Å². The maximum absolute atomic E-state index is 12.1. The van der Waals surface area contributed by atoms with Crippen LogP contribution >= 0.6 is 0 Å². The highest BCUT2D eigenvalue weighted by Gasteiger charge is 2.33. The molecule has 0 saturated carbocycles. The number of carbonyl (C=O) groups excluding carboxylic acids is 1. The molecule has 0 radical (unpaired) electrons. The second kappa shape index (κ2) is 16.1. The highest BCUT2D eigenvalue weighted by Crippen LogP contribution is 2.25. The van der Waals surface area contributed by atoms with Gasteiger partial charge in [-0.05, 0) is 38.5 Å². The van der Waals surface area contributed by atoms with Gasteiger partial charge >= 0.3 is 0 Å². The van der Waals surface area contributed by atoms with Gasteiger partial charge in [-0.1, -0.05) is 90.9 Å². The van der Waals surface area contributed by atoms with E-state index in [1.54, 1.807) is 0 Å². The van der Waals surface area contributed by atoms with Crippen LogP contribution in [0.3, 0.4) is 0 Å². The molecule has 4 nitrogen and oxygen atoms in total. The number of unbranched alkanes of at least 4 members (excludes halogenated alkanes) is 11. The van der Waals surface area contributed by atoms with Crippen molar-refractivity contribution in [2.75, 3.05) is 13.2 Å². The summed E-state index contributed by atoms with van der Waals surface area (Å²) in [6.07, 6.45) is 19.3. The molecule has 1 fully saturated rings. The van der Waals surface area contributed by atoms with Crippen LogP contribution in [-0.4, -0.2) is 30.7 Å². The van der Waals surface area contributed by atoms with E-state index in [4.69, 9.17) is 10.5 Å². The predicted octanol–water partition coefficient (Wildman–Crippen LogP) is 6.36. The summed E-state index contributed by atoms with van der Waals surface area (Å²) in [4.78, 5) is 12.1. The van der Waals surface area contributed by atoms with E-state index < -0.39 is 0 Å². The summed E-state index contributed by atoms with van der Waals surface area (Å²) in [6.45, 7) is 10.2. The van der Waals surface area contributed by atoms with E-state index in [1.807, 2.05) is 13.8 Å². The largest absolute Gasteiger partial charge is 0.373 e. The minimum atomic E-state index is -0.285. The first kappa shape index (κ1) is 27.4. The smallest absolute Gasteiger partial charge is 0.220 e. The van der Waals surface area contributed by atoms with Gasteiger partial charge < -0.3 is 15.8 Å². The van der Waals surface area contributed by atoms with Gasteiger partial charge in [0.1, 0.15) is 0 Å². The number of epoxide rings is 1. The number of carbonyl (C=O) groups is 1. The summed E-state index contributed by atoms with van der Waals surface area (Å²) in [7, 11) is 0. The van der Waals surface area contributed by atoms with Gasteiger partial charge in [-0.15, -0.1) is 0 Å². The summed E-state index contributed by atoms with van der Waals surface area (Å²) >= 11 is 0. The number of amides is 1. The molecule has 2 unspecified atom stereocenters. The monoisotopic (exact) mass is 424 g/mol. The first-order chi connectivity index (χ1) is 14.3. The molecule has 4 heteroatoms. The first-order valence-corrected chi connectivity index (χ1v) is 13.0. The van der Waals surface area contributed by atoms with E-state index in [0.29, 0.717) is 19.1 Å². The molecule has 2 atom stereocenters. The molecule has 3 N–H and O–H groups in total. The van der Waals surface area contributed by atoms with E-state index in [9.17, 15) is 4.79 Å². The Hall–Kier alpha value is -0.610. The topological polar surface area (TPSA) is 67.7 Å². The van der Waals surface area contributed by atoms with Crippen LogP contribution in [0.1, 0.15) is 124 Å². The Labute approximate surface area is 187 Å². The van der Waals surface area contributed by atoms with Gasteiger partial charge in [0.15, 0.2) is 0 Å². The average Bonchev–Trinajstić information content (AvgIpc) is 3.48. The van der Waals surface area contributed by atoms with Crippen LogP contribution < -0.4 is 11.1 Å². The Morgan fingerprint density at radius 2 is 1.40 bits per heavy atom. The average molecular weight is 425 g/mol. The van der Waals surface area contributed by atoms with Crippen molar-refractivity contribution in [3.05, 3.63) is 0 Å². The van der Waals surface area contributed by atoms with Gasteiger partial charge in [0.25, 0.3) is 0 Å². The van der Waals surface area contributed by atoms with Crippen LogP contribution in [0.2, 0.25) is 0 Å². The molecule has 30 heavy (non-hydrogen) atoms. The second-order valence-corrected chi connectivity index (χ2v) is 10.7. The van der Waals surface area contributed by atoms with Gasteiger partial charge in [-0.25, -0.2) is 0 Å². The number of hydrogen-bond donors (Lipinski definition) is 2. The highest BCUT2D eigenvalue weighted by atomic mass is 16.6. The molecule has 0 aromatic carbocycles. The van der Waals surface area contributed by atoms with E-state index in [2.05, 4.69) is 19.2 Å². The van der Waals surface area contributed by atoms with Crippen LogP contribution in [0, 0.1) is 11.8 Å². The van der Waals surface area contributed by atoms with Crippen LogP contribution in [0.25, 0.3) is 0 Å². The molecule has 1 aliphatic heterocycles. The molecule has 1 saturated heterocycles. The van der Waals surface area contributed by atoms with Gasteiger partial charge in [-0.2, -0.15) is 0 Å². The zero-order chi connectivity index (χ0) is 22.2. The standard InChI is InChI=1S/C26H52N2O2/c1-22(2)17-15-13-11-9-7-5-6-8-10-12-14-16-18-25(29)28-20-23(26(3,4)27)19-24-21-30-24/h22-24H,5-21,27H2,1-4H3,(H,28,29). The normalized spacial score (nSPS) is 17.3. The van der Waals surface area contributed by atoms with Gasteiger partial charge in [0, 0.05) is 18.5 Å². The molecule has 0 aromatic rings. The third-order valence-electron chi connectivity index (χ3n) is 6.48. The maximum atomic E-state index is 12.1. The molecule has 1 aliphatic rings. The minimum absolute atomic E-state index is 0.175. The second-order valence-electron chi connectivity index (χ2n) is 10.7. The molecule has 0 spiro atoms. The van der Waals surface area contributed by atoms with Crippen molar-refractivity contribution in [2.24, 2.45) is 17.6 Å². The number of nitrogens with one attached hydrogen (secondary N) is 1. The quantitative estimate of drug-likeness (QED) is 0.176. The first-order valence-electron chi connectivity index (χ1n) is 13.0. The summed E-state index contributed by atoms with van der Waals surface area (Å²) < 4.78 is 5.33. The summed E-state index contributed by atoms with van der Waals surface area (Å²) in [5.74, 6) is 1.31. The fourth-order valence-corrected chi connectivity index (χ4v) is 4.10. The third-order valence-corrected chi connectivity index (χ3v) is 6.48. The SMILES string of the molecule is CC(C)CCCCCCCCCCCCCCC(=O)NCC(CC1CO1)C(C)(C)N. The van der Waals surface area contributed by atoms with E-state index in [0.717, 1.165) is 25.4 Å². The van der Waals surface area contributed by atoms with Crippen molar-refractivity contribution in [3.63, 3.8) is 0 Å². The molecule has 0 aliphatic carbocycles.